The molecule has 120 valence electrons. The Labute approximate surface area is 131 Å². The number of esters is 1. The molecule has 0 aliphatic heterocycles. The van der Waals surface area contributed by atoms with E-state index in [1.807, 2.05) is 0 Å². The molecule has 0 fully saturated rings. The average molecular weight is 317 g/mol. The first kappa shape index (κ1) is 16.2. The van der Waals surface area contributed by atoms with Crippen LogP contribution in [0, 0.1) is 0 Å². The van der Waals surface area contributed by atoms with E-state index in [0.29, 0.717) is 11.3 Å². The van der Waals surface area contributed by atoms with Crippen LogP contribution in [0.25, 0.3) is 0 Å². The molecule has 0 saturated carbocycles. The van der Waals surface area contributed by atoms with Gasteiger partial charge in [-0.15, -0.1) is 0 Å². The standard InChI is InChI=1S/C15H15N3O5/c1-22-11-5-3-10(4-6-11)14(20)16-12-7-8-18(15(21)17-12)9-13(19)23-2/h3-8H,9H2,1-2H3,(H,16,17,20,21). The number of hydrogen-bond acceptors (Lipinski definition) is 6. The molecule has 2 rings (SSSR count). The van der Waals surface area contributed by atoms with Crippen LogP contribution in [0.15, 0.2) is 41.3 Å². The fourth-order valence-electron chi connectivity index (χ4n) is 1.75. The molecule has 1 heterocycles. The molecule has 1 amide bonds. The number of anilines is 1. The quantitative estimate of drug-likeness (QED) is 0.814. The summed E-state index contributed by atoms with van der Waals surface area (Å²) in [6.45, 7) is -0.241. The van der Waals surface area contributed by atoms with Crippen molar-refractivity contribution < 1.29 is 19.1 Å². The van der Waals surface area contributed by atoms with Crippen LogP contribution in [-0.4, -0.2) is 35.6 Å². The molecule has 1 aromatic carbocycles. The lowest BCUT2D eigenvalue weighted by atomic mass is 10.2. The molecule has 1 N–H and O–H groups in total. The summed E-state index contributed by atoms with van der Waals surface area (Å²) in [6, 6.07) is 7.90. The maximum atomic E-state index is 12.1. The Morgan fingerprint density at radius 1 is 1.17 bits per heavy atom. The second kappa shape index (κ2) is 7.21. The maximum Gasteiger partial charge on any atom is 0.350 e. The van der Waals surface area contributed by atoms with E-state index >= 15 is 0 Å². The first-order chi connectivity index (χ1) is 11.0. The lowest BCUT2D eigenvalue weighted by molar-refractivity contribution is -0.141. The van der Waals surface area contributed by atoms with E-state index in [-0.39, 0.29) is 12.4 Å². The van der Waals surface area contributed by atoms with Crippen LogP contribution in [0.4, 0.5) is 5.82 Å². The number of amides is 1. The van der Waals surface area contributed by atoms with Gasteiger partial charge < -0.3 is 14.8 Å². The van der Waals surface area contributed by atoms with E-state index in [2.05, 4.69) is 15.0 Å². The van der Waals surface area contributed by atoms with E-state index in [4.69, 9.17) is 4.74 Å². The van der Waals surface area contributed by atoms with Crippen molar-refractivity contribution in [2.45, 2.75) is 6.54 Å². The van der Waals surface area contributed by atoms with E-state index in [9.17, 15) is 14.4 Å². The maximum absolute atomic E-state index is 12.1. The molecule has 0 radical (unpaired) electrons. The van der Waals surface area contributed by atoms with Crippen LogP contribution in [0.3, 0.4) is 0 Å². The first-order valence-electron chi connectivity index (χ1n) is 6.63. The zero-order valence-corrected chi connectivity index (χ0v) is 12.6. The molecule has 0 aliphatic carbocycles. The first-order valence-corrected chi connectivity index (χ1v) is 6.63. The monoisotopic (exact) mass is 317 g/mol. The van der Waals surface area contributed by atoms with Gasteiger partial charge in [0.1, 0.15) is 18.1 Å². The van der Waals surface area contributed by atoms with E-state index in [0.717, 1.165) is 4.57 Å². The van der Waals surface area contributed by atoms with Crippen LogP contribution in [0.1, 0.15) is 10.4 Å². The Morgan fingerprint density at radius 3 is 2.43 bits per heavy atom. The van der Waals surface area contributed by atoms with Gasteiger partial charge in [0.25, 0.3) is 5.91 Å². The highest BCUT2D eigenvalue weighted by atomic mass is 16.5. The lowest BCUT2D eigenvalue weighted by Gasteiger charge is -2.07. The Morgan fingerprint density at radius 2 is 1.87 bits per heavy atom. The van der Waals surface area contributed by atoms with Crippen LogP contribution in [0.5, 0.6) is 5.75 Å². The summed E-state index contributed by atoms with van der Waals surface area (Å²) < 4.78 is 10.6. The molecule has 8 nitrogen and oxygen atoms in total. The number of aromatic nitrogens is 2. The number of nitrogens with zero attached hydrogens (tertiary/aromatic N) is 2. The summed E-state index contributed by atoms with van der Waals surface area (Å²) in [7, 11) is 2.76. The highest BCUT2D eigenvalue weighted by molar-refractivity contribution is 6.03. The van der Waals surface area contributed by atoms with Crippen molar-refractivity contribution in [2.24, 2.45) is 0 Å². The van der Waals surface area contributed by atoms with Gasteiger partial charge in [-0.3, -0.25) is 14.2 Å². The van der Waals surface area contributed by atoms with Gasteiger partial charge in [-0.1, -0.05) is 0 Å². The molecule has 0 aliphatic rings. The number of nitrogens with one attached hydrogen (secondary N) is 1. The molecule has 8 heteroatoms. The van der Waals surface area contributed by atoms with Crippen molar-refractivity contribution >= 4 is 17.7 Å². The van der Waals surface area contributed by atoms with Crippen LogP contribution in [0.2, 0.25) is 0 Å². The van der Waals surface area contributed by atoms with Crippen molar-refractivity contribution in [3.63, 3.8) is 0 Å². The van der Waals surface area contributed by atoms with Gasteiger partial charge in [-0.25, -0.2) is 4.79 Å². The summed E-state index contributed by atoms with van der Waals surface area (Å²) in [4.78, 5) is 38.7. The van der Waals surface area contributed by atoms with Crippen molar-refractivity contribution in [3.8, 4) is 5.75 Å². The molecular weight excluding hydrogens is 302 g/mol. The van der Waals surface area contributed by atoms with E-state index < -0.39 is 17.6 Å². The Hall–Kier alpha value is -3.16. The molecular formula is C15H15N3O5. The van der Waals surface area contributed by atoms with E-state index in [1.54, 1.807) is 24.3 Å². The van der Waals surface area contributed by atoms with Crippen molar-refractivity contribution in [1.29, 1.82) is 0 Å². The molecule has 0 saturated heterocycles. The smallest absolute Gasteiger partial charge is 0.350 e. The Kier molecular flexibility index (Phi) is 5.08. The van der Waals surface area contributed by atoms with Gasteiger partial charge in [0.05, 0.1) is 14.2 Å². The largest absolute Gasteiger partial charge is 0.497 e. The molecule has 0 bridgehead atoms. The van der Waals surface area contributed by atoms with Gasteiger partial charge in [0.15, 0.2) is 0 Å². The van der Waals surface area contributed by atoms with Crippen LogP contribution >= 0.6 is 0 Å². The lowest BCUT2D eigenvalue weighted by Crippen LogP contribution is -2.27. The highest BCUT2D eigenvalue weighted by Gasteiger charge is 2.09. The van der Waals surface area contributed by atoms with Gasteiger partial charge in [0, 0.05) is 11.8 Å². The predicted molar refractivity (Wildman–Crippen MR) is 81.5 cm³/mol. The minimum atomic E-state index is -0.664. The average Bonchev–Trinajstić information content (AvgIpc) is 2.57. The van der Waals surface area contributed by atoms with Crippen LogP contribution < -0.4 is 15.7 Å². The number of benzene rings is 1. The van der Waals surface area contributed by atoms with Gasteiger partial charge >= 0.3 is 11.7 Å². The molecule has 2 aromatic rings. The summed E-state index contributed by atoms with van der Waals surface area (Å²) in [5.74, 6) is -0.254. The summed E-state index contributed by atoms with van der Waals surface area (Å²) in [5.41, 5.74) is -0.269. The SMILES string of the molecule is COC(=O)Cn1ccc(NC(=O)c2ccc(OC)cc2)nc1=O. The number of hydrogen-bond donors (Lipinski definition) is 1. The van der Waals surface area contributed by atoms with Gasteiger partial charge in [0.2, 0.25) is 0 Å². The molecule has 0 unspecified atom stereocenters. The zero-order valence-electron chi connectivity index (χ0n) is 12.6. The van der Waals surface area contributed by atoms with Gasteiger partial charge in [-0.05, 0) is 30.3 Å². The predicted octanol–water partition coefficient (Wildman–Crippen LogP) is 0.677. The summed E-state index contributed by atoms with van der Waals surface area (Å²) in [6.07, 6.45) is 1.36. The number of carbonyl (C=O) groups excluding carboxylic acids is 2. The Balaban J connectivity index is 2.10. The molecule has 1 aromatic heterocycles. The van der Waals surface area contributed by atoms with E-state index in [1.165, 1.54) is 26.5 Å². The number of methoxy groups -OCH3 is 2. The third kappa shape index (κ3) is 4.16. The molecule has 0 spiro atoms. The fraction of sp³-hybridized carbons (Fsp3) is 0.200. The summed E-state index contributed by atoms with van der Waals surface area (Å²) >= 11 is 0. The zero-order chi connectivity index (χ0) is 16.8. The van der Waals surface area contributed by atoms with Crippen molar-refractivity contribution in [2.75, 3.05) is 19.5 Å². The summed E-state index contributed by atoms with van der Waals surface area (Å²) in [5, 5.41) is 2.51. The number of carbonyl (C=O) groups is 2. The topological polar surface area (TPSA) is 99.5 Å². The Bertz CT molecular complexity index is 767. The minimum absolute atomic E-state index is 0.0944. The normalized spacial score (nSPS) is 10.0. The van der Waals surface area contributed by atoms with Crippen molar-refractivity contribution in [3.05, 3.63) is 52.6 Å². The molecule has 0 atom stereocenters. The third-order valence-corrected chi connectivity index (χ3v) is 3.00. The second-order valence-electron chi connectivity index (χ2n) is 4.48. The number of ether oxygens (including phenoxy) is 2. The highest BCUT2D eigenvalue weighted by Crippen LogP contribution is 2.12. The van der Waals surface area contributed by atoms with Gasteiger partial charge in [-0.2, -0.15) is 4.98 Å². The fourth-order valence-corrected chi connectivity index (χ4v) is 1.75. The molecule has 23 heavy (non-hydrogen) atoms. The van der Waals surface area contributed by atoms with Crippen molar-refractivity contribution in [1.82, 2.24) is 9.55 Å². The number of rotatable bonds is 5. The second-order valence-corrected chi connectivity index (χ2v) is 4.48. The van der Waals surface area contributed by atoms with Crippen LogP contribution in [-0.2, 0) is 16.1 Å². The third-order valence-electron chi connectivity index (χ3n) is 3.00. The minimum Gasteiger partial charge on any atom is -0.497 e.